The van der Waals surface area contributed by atoms with Gasteiger partial charge in [-0.15, -0.1) is 0 Å². The molecule has 0 aromatic heterocycles. The van der Waals surface area contributed by atoms with Crippen molar-refractivity contribution in [3.8, 4) is 0 Å². The van der Waals surface area contributed by atoms with Gasteiger partial charge in [0.1, 0.15) is 0 Å². The summed E-state index contributed by atoms with van der Waals surface area (Å²) in [7, 11) is 0. The Hall–Kier alpha value is -2.77. The number of anilines is 1. The van der Waals surface area contributed by atoms with E-state index in [9.17, 15) is 14.4 Å². The average Bonchev–Trinajstić information content (AvgIpc) is 2.63. The summed E-state index contributed by atoms with van der Waals surface area (Å²) in [5.74, 6) is -0.480. The Morgan fingerprint density at radius 2 is 1.73 bits per heavy atom. The molecule has 0 spiro atoms. The van der Waals surface area contributed by atoms with E-state index in [1.54, 1.807) is 43.0 Å². The Labute approximate surface area is 152 Å². The number of benzene rings is 1. The molecule has 142 valence electrons. The van der Waals surface area contributed by atoms with Gasteiger partial charge in [-0.1, -0.05) is 12.1 Å². The van der Waals surface area contributed by atoms with Crippen molar-refractivity contribution in [1.82, 2.24) is 10.2 Å². The summed E-state index contributed by atoms with van der Waals surface area (Å²) < 4.78 is 9.97. The van der Waals surface area contributed by atoms with Crippen LogP contribution in [0.3, 0.4) is 0 Å². The number of likely N-dealkylation sites (tertiary alicyclic amines) is 1. The summed E-state index contributed by atoms with van der Waals surface area (Å²) >= 11 is 0. The summed E-state index contributed by atoms with van der Waals surface area (Å²) in [4.78, 5) is 37.5. The van der Waals surface area contributed by atoms with Gasteiger partial charge in [0.05, 0.1) is 24.5 Å². The van der Waals surface area contributed by atoms with Crippen molar-refractivity contribution in [3.05, 3.63) is 29.8 Å². The minimum absolute atomic E-state index is 0.0459. The zero-order valence-electron chi connectivity index (χ0n) is 15.1. The largest absolute Gasteiger partial charge is 0.462 e. The number of ether oxygens (including phenoxy) is 2. The minimum atomic E-state index is -0.480. The molecule has 8 heteroatoms. The standard InChI is InChI=1S/C18H25N3O5/c1-3-25-16(22)14-7-5-6-8-15(14)20-17(23)19-13-9-11-21(12-10-13)18(24)26-4-2/h5-8,13H,3-4,9-12H2,1-2H3,(H2,19,20,23). The van der Waals surface area contributed by atoms with E-state index in [1.165, 1.54) is 0 Å². The van der Waals surface area contributed by atoms with Gasteiger partial charge in [-0.05, 0) is 38.8 Å². The van der Waals surface area contributed by atoms with E-state index in [2.05, 4.69) is 10.6 Å². The van der Waals surface area contributed by atoms with Gasteiger partial charge >= 0.3 is 18.1 Å². The summed E-state index contributed by atoms with van der Waals surface area (Å²) in [6.45, 7) is 5.16. The molecule has 0 saturated carbocycles. The number of urea groups is 1. The molecule has 2 N–H and O–H groups in total. The van der Waals surface area contributed by atoms with E-state index < -0.39 is 12.0 Å². The first kappa shape index (κ1) is 19.6. The molecular formula is C18H25N3O5. The van der Waals surface area contributed by atoms with Gasteiger partial charge < -0.3 is 25.0 Å². The molecule has 26 heavy (non-hydrogen) atoms. The zero-order valence-corrected chi connectivity index (χ0v) is 15.1. The molecule has 0 aliphatic carbocycles. The number of para-hydroxylation sites is 1. The third kappa shape index (κ3) is 5.37. The first-order valence-electron chi connectivity index (χ1n) is 8.80. The van der Waals surface area contributed by atoms with Crippen molar-refractivity contribution in [2.75, 3.05) is 31.6 Å². The number of amides is 3. The number of esters is 1. The van der Waals surface area contributed by atoms with Crippen LogP contribution in [0.25, 0.3) is 0 Å². The number of rotatable bonds is 5. The van der Waals surface area contributed by atoms with Crippen molar-refractivity contribution < 1.29 is 23.9 Å². The van der Waals surface area contributed by atoms with Crippen molar-refractivity contribution in [1.29, 1.82) is 0 Å². The lowest BCUT2D eigenvalue weighted by atomic mass is 10.1. The second kappa shape index (κ2) is 9.65. The number of piperidine rings is 1. The highest BCUT2D eigenvalue weighted by Gasteiger charge is 2.25. The van der Waals surface area contributed by atoms with Gasteiger partial charge in [-0.25, -0.2) is 14.4 Å². The molecule has 1 aliphatic rings. The van der Waals surface area contributed by atoms with E-state index in [-0.39, 0.29) is 18.7 Å². The van der Waals surface area contributed by atoms with Gasteiger partial charge in [-0.3, -0.25) is 0 Å². The summed E-state index contributed by atoms with van der Waals surface area (Å²) in [5.41, 5.74) is 0.703. The van der Waals surface area contributed by atoms with Crippen molar-refractivity contribution in [2.45, 2.75) is 32.7 Å². The lowest BCUT2D eigenvalue weighted by molar-refractivity contribution is 0.0527. The molecule has 1 aromatic carbocycles. The highest BCUT2D eigenvalue weighted by Crippen LogP contribution is 2.17. The normalized spacial score (nSPS) is 14.5. The van der Waals surface area contributed by atoms with E-state index in [1.807, 2.05) is 0 Å². The molecule has 2 rings (SSSR count). The molecule has 1 aliphatic heterocycles. The van der Waals surface area contributed by atoms with Crippen molar-refractivity contribution >= 4 is 23.8 Å². The Balaban J connectivity index is 1.87. The fourth-order valence-corrected chi connectivity index (χ4v) is 2.74. The van der Waals surface area contributed by atoms with E-state index in [0.29, 0.717) is 43.8 Å². The maximum absolute atomic E-state index is 12.3. The SMILES string of the molecule is CCOC(=O)c1ccccc1NC(=O)NC1CCN(C(=O)OCC)CC1. The maximum Gasteiger partial charge on any atom is 0.409 e. The van der Waals surface area contributed by atoms with Crippen molar-refractivity contribution in [2.24, 2.45) is 0 Å². The maximum atomic E-state index is 12.3. The first-order valence-corrected chi connectivity index (χ1v) is 8.80. The van der Waals surface area contributed by atoms with Gasteiger partial charge in [0.2, 0.25) is 0 Å². The molecule has 1 saturated heterocycles. The third-order valence-electron chi connectivity index (χ3n) is 4.03. The van der Waals surface area contributed by atoms with E-state index >= 15 is 0 Å². The average molecular weight is 363 g/mol. The van der Waals surface area contributed by atoms with Crippen LogP contribution in [-0.4, -0.2) is 55.3 Å². The lowest BCUT2D eigenvalue weighted by Crippen LogP contribution is -2.47. The highest BCUT2D eigenvalue weighted by molar-refractivity contribution is 6.00. The lowest BCUT2D eigenvalue weighted by Gasteiger charge is -2.31. The third-order valence-corrected chi connectivity index (χ3v) is 4.03. The van der Waals surface area contributed by atoms with Crippen LogP contribution in [0, 0.1) is 0 Å². The second-order valence-electron chi connectivity index (χ2n) is 5.82. The number of carbonyl (C=O) groups is 3. The van der Waals surface area contributed by atoms with E-state index in [4.69, 9.17) is 9.47 Å². The Bertz CT molecular complexity index is 641. The van der Waals surface area contributed by atoms with Crippen LogP contribution in [-0.2, 0) is 9.47 Å². The quantitative estimate of drug-likeness (QED) is 0.784. The van der Waals surface area contributed by atoms with Crippen LogP contribution in [0.2, 0.25) is 0 Å². The smallest absolute Gasteiger partial charge is 0.409 e. The number of nitrogens with zero attached hydrogens (tertiary/aromatic N) is 1. The van der Waals surface area contributed by atoms with Crippen molar-refractivity contribution in [3.63, 3.8) is 0 Å². The fourth-order valence-electron chi connectivity index (χ4n) is 2.74. The minimum Gasteiger partial charge on any atom is -0.462 e. The molecule has 0 bridgehead atoms. The molecule has 1 fully saturated rings. The van der Waals surface area contributed by atoms with Crippen LogP contribution < -0.4 is 10.6 Å². The molecule has 8 nitrogen and oxygen atoms in total. The molecule has 1 aromatic rings. The number of hydrogen-bond acceptors (Lipinski definition) is 5. The topological polar surface area (TPSA) is 97.0 Å². The van der Waals surface area contributed by atoms with Gasteiger partial charge in [0.25, 0.3) is 0 Å². The molecule has 1 heterocycles. The summed E-state index contributed by atoms with van der Waals surface area (Å²) in [6, 6.07) is 6.25. The first-order chi connectivity index (χ1) is 12.5. The predicted octanol–water partition coefficient (Wildman–Crippen LogP) is 2.61. The molecule has 3 amide bonds. The Kier molecular flexibility index (Phi) is 7.25. The number of carbonyl (C=O) groups excluding carboxylic acids is 3. The molecule has 0 radical (unpaired) electrons. The Morgan fingerprint density at radius 3 is 2.38 bits per heavy atom. The molecular weight excluding hydrogens is 338 g/mol. The van der Waals surface area contributed by atoms with Crippen LogP contribution in [0.4, 0.5) is 15.3 Å². The summed E-state index contributed by atoms with van der Waals surface area (Å²) in [5, 5.41) is 5.57. The van der Waals surface area contributed by atoms with Crippen LogP contribution in [0.1, 0.15) is 37.0 Å². The second-order valence-corrected chi connectivity index (χ2v) is 5.82. The highest BCUT2D eigenvalue weighted by atomic mass is 16.6. The van der Waals surface area contributed by atoms with Gasteiger partial charge in [-0.2, -0.15) is 0 Å². The van der Waals surface area contributed by atoms with Gasteiger partial charge in [0.15, 0.2) is 0 Å². The van der Waals surface area contributed by atoms with Crippen LogP contribution in [0.5, 0.6) is 0 Å². The zero-order chi connectivity index (χ0) is 18.9. The number of hydrogen-bond donors (Lipinski definition) is 2. The predicted molar refractivity (Wildman–Crippen MR) is 96.2 cm³/mol. The van der Waals surface area contributed by atoms with Gasteiger partial charge in [0, 0.05) is 19.1 Å². The van der Waals surface area contributed by atoms with Crippen LogP contribution in [0.15, 0.2) is 24.3 Å². The summed E-state index contributed by atoms with van der Waals surface area (Å²) in [6.07, 6.45) is 0.969. The van der Waals surface area contributed by atoms with E-state index in [0.717, 1.165) is 0 Å². The molecule has 0 unspecified atom stereocenters. The Morgan fingerprint density at radius 1 is 1.08 bits per heavy atom. The fraction of sp³-hybridized carbons (Fsp3) is 0.500. The molecule has 0 atom stereocenters. The monoisotopic (exact) mass is 363 g/mol. The van der Waals surface area contributed by atoms with Crippen LogP contribution >= 0.6 is 0 Å². The number of nitrogens with one attached hydrogen (secondary N) is 2.